The summed E-state index contributed by atoms with van der Waals surface area (Å²) in [5, 5.41) is 11.6. The van der Waals surface area contributed by atoms with Gasteiger partial charge >= 0.3 is 6.09 Å². The van der Waals surface area contributed by atoms with Gasteiger partial charge in [-0.2, -0.15) is 0 Å². The largest absolute Gasteiger partial charge is 0.480 e. The molecule has 6 nitrogen and oxygen atoms in total. The molecule has 0 bridgehead atoms. The number of hydrazone groups is 1. The molecule has 11 heavy (non-hydrogen) atoms. The molecular weight excluding hydrogens is 150 g/mol. The van der Waals surface area contributed by atoms with Gasteiger partial charge in [-0.15, -0.1) is 5.10 Å². The molecule has 0 rings (SSSR count). The maximum atomic E-state index is 9.85. The van der Waals surface area contributed by atoms with E-state index in [0.717, 1.165) is 0 Å². The number of nitrogens with zero attached hydrogens (tertiary/aromatic N) is 1. The fourth-order valence-corrected chi connectivity index (χ4v) is 0.396. The van der Waals surface area contributed by atoms with Gasteiger partial charge in [0, 0.05) is 6.92 Å². The highest BCUT2D eigenvalue weighted by atomic mass is 16.5. The van der Waals surface area contributed by atoms with Gasteiger partial charge in [-0.05, 0) is 6.92 Å². The van der Waals surface area contributed by atoms with Crippen LogP contribution < -0.4 is 11.0 Å². The first-order valence-corrected chi connectivity index (χ1v) is 3.07. The Kier molecular flexibility index (Phi) is 4.63. The molecule has 0 fully saturated rings. The van der Waals surface area contributed by atoms with E-state index in [2.05, 4.69) is 10.6 Å². The Labute approximate surface area is 64.2 Å². The lowest BCUT2D eigenvalue weighted by atomic mass is 10.7. The Balaban J connectivity index is 3.47. The minimum atomic E-state index is -1.20. The average molecular weight is 161 g/mol. The van der Waals surface area contributed by atoms with Crippen LogP contribution in [0.4, 0.5) is 4.79 Å². The molecule has 0 saturated heterocycles. The average Bonchev–Trinajstić information content (AvgIpc) is 1.87. The summed E-state index contributed by atoms with van der Waals surface area (Å²) in [6.45, 7) is 3.92. The van der Waals surface area contributed by atoms with Crippen LogP contribution in [0.15, 0.2) is 5.10 Å². The second-order valence-corrected chi connectivity index (χ2v) is 1.61. The van der Waals surface area contributed by atoms with Crippen molar-refractivity contribution >= 4 is 12.0 Å². The van der Waals surface area contributed by atoms with Gasteiger partial charge in [0.2, 0.25) is 5.90 Å². The smallest absolute Gasteiger partial charge is 0.424 e. The monoisotopic (exact) mass is 161 g/mol. The zero-order valence-corrected chi connectivity index (χ0v) is 6.42. The summed E-state index contributed by atoms with van der Waals surface area (Å²) in [7, 11) is 0. The van der Waals surface area contributed by atoms with Gasteiger partial charge in [0.25, 0.3) is 0 Å². The van der Waals surface area contributed by atoms with Gasteiger partial charge in [-0.3, -0.25) is 0 Å². The van der Waals surface area contributed by atoms with Crippen LogP contribution in [0.5, 0.6) is 0 Å². The summed E-state index contributed by atoms with van der Waals surface area (Å²) < 4.78 is 4.88. The third kappa shape index (κ3) is 6.42. The van der Waals surface area contributed by atoms with Crippen LogP contribution in [0.1, 0.15) is 13.8 Å². The number of hydrazine groups is 1. The quantitative estimate of drug-likeness (QED) is 0.312. The first-order valence-electron chi connectivity index (χ1n) is 3.07. The first-order chi connectivity index (χ1) is 5.16. The maximum absolute atomic E-state index is 9.85. The number of hydrogen-bond acceptors (Lipinski definition) is 4. The zero-order chi connectivity index (χ0) is 8.69. The second kappa shape index (κ2) is 5.33. The molecule has 0 aliphatic carbocycles. The van der Waals surface area contributed by atoms with E-state index < -0.39 is 6.09 Å². The second-order valence-electron chi connectivity index (χ2n) is 1.61. The van der Waals surface area contributed by atoms with Crippen molar-refractivity contribution in [3.63, 3.8) is 0 Å². The fraction of sp³-hybridized carbons (Fsp3) is 0.600. The summed E-state index contributed by atoms with van der Waals surface area (Å²) in [6.07, 6.45) is -1.20. The zero-order valence-electron chi connectivity index (χ0n) is 6.42. The highest BCUT2D eigenvalue weighted by Crippen LogP contribution is 1.76. The van der Waals surface area contributed by atoms with Crippen LogP contribution in [0.2, 0.25) is 0 Å². The molecule has 0 aromatic heterocycles. The van der Waals surface area contributed by atoms with Crippen molar-refractivity contribution in [2.75, 3.05) is 6.61 Å². The van der Waals surface area contributed by atoms with Crippen molar-refractivity contribution in [2.24, 2.45) is 5.10 Å². The lowest BCUT2D eigenvalue weighted by Crippen LogP contribution is -2.32. The number of ether oxygens (including phenoxy) is 1. The SMILES string of the molecule is CCOC(C)=NNNC(=O)O. The Hall–Kier alpha value is -1.46. The van der Waals surface area contributed by atoms with E-state index in [-0.39, 0.29) is 0 Å². The third-order valence-corrected chi connectivity index (χ3v) is 0.729. The van der Waals surface area contributed by atoms with Crippen molar-refractivity contribution in [3.05, 3.63) is 0 Å². The van der Waals surface area contributed by atoms with E-state index >= 15 is 0 Å². The lowest BCUT2D eigenvalue weighted by molar-refractivity contribution is 0.189. The Morgan fingerprint density at radius 3 is 2.82 bits per heavy atom. The summed E-state index contributed by atoms with van der Waals surface area (Å²) in [6, 6.07) is 0. The lowest BCUT2D eigenvalue weighted by Gasteiger charge is -2.01. The van der Waals surface area contributed by atoms with Crippen LogP contribution in [-0.4, -0.2) is 23.7 Å². The highest BCUT2D eigenvalue weighted by molar-refractivity contribution is 5.73. The van der Waals surface area contributed by atoms with Gasteiger partial charge in [-0.1, -0.05) is 0 Å². The molecule has 0 radical (unpaired) electrons. The van der Waals surface area contributed by atoms with Crippen LogP contribution >= 0.6 is 0 Å². The Morgan fingerprint density at radius 1 is 1.73 bits per heavy atom. The van der Waals surface area contributed by atoms with E-state index in [9.17, 15) is 4.79 Å². The summed E-state index contributed by atoms with van der Waals surface area (Å²) >= 11 is 0. The van der Waals surface area contributed by atoms with E-state index in [1.807, 2.05) is 12.3 Å². The van der Waals surface area contributed by atoms with Crippen molar-refractivity contribution in [2.45, 2.75) is 13.8 Å². The normalized spacial score (nSPS) is 10.5. The summed E-state index contributed by atoms with van der Waals surface area (Å²) in [5.41, 5.74) is 3.92. The molecule has 0 atom stereocenters. The fourth-order valence-electron chi connectivity index (χ4n) is 0.396. The number of hydrogen-bond donors (Lipinski definition) is 3. The summed E-state index contributed by atoms with van der Waals surface area (Å²) in [4.78, 5) is 9.85. The number of nitrogens with one attached hydrogen (secondary N) is 2. The minimum Gasteiger partial charge on any atom is -0.480 e. The molecule has 0 unspecified atom stereocenters. The molecule has 64 valence electrons. The maximum Gasteiger partial charge on any atom is 0.424 e. The highest BCUT2D eigenvalue weighted by Gasteiger charge is 1.90. The van der Waals surface area contributed by atoms with Gasteiger partial charge in [-0.25, -0.2) is 15.8 Å². The molecule has 0 aromatic carbocycles. The van der Waals surface area contributed by atoms with Crippen LogP contribution in [0.25, 0.3) is 0 Å². The number of carboxylic acid groups (broad SMARTS) is 1. The summed E-state index contributed by atoms with van der Waals surface area (Å²) in [5.74, 6) is 0.376. The number of rotatable bonds is 3. The first kappa shape index (κ1) is 9.54. The molecular formula is C5H11N3O3. The Morgan fingerprint density at radius 2 is 2.36 bits per heavy atom. The van der Waals surface area contributed by atoms with E-state index in [4.69, 9.17) is 9.84 Å². The molecule has 0 saturated carbocycles. The van der Waals surface area contributed by atoms with E-state index in [1.54, 1.807) is 6.92 Å². The molecule has 6 heteroatoms. The van der Waals surface area contributed by atoms with E-state index in [1.165, 1.54) is 0 Å². The molecule has 0 aliphatic rings. The van der Waals surface area contributed by atoms with Crippen LogP contribution in [0, 0.1) is 0 Å². The Bertz CT molecular complexity index is 157. The predicted octanol–water partition coefficient (Wildman–Crippen LogP) is 0.129. The topological polar surface area (TPSA) is 83.0 Å². The van der Waals surface area contributed by atoms with Gasteiger partial charge in [0.1, 0.15) is 0 Å². The number of carbonyl (C=O) groups is 1. The van der Waals surface area contributed by atoms with Gasteiger partial charge in [0.05, 0.1) is 6.61 Å². The van der Waals surface area contributed by atoms with Crippen molar-refractivity contribution < 1.29 is 14.6 Å². The van der Waals surface area contributed by atoms with Crippen LogP contribution in [0.3, 0.4) is 0 Å². The van der Waals surface area contributed by atoms with Gasteiger partial charge in [0.15, 0.2) is 0 Å². The van der Waals surface area contributed by atoms with Gasteiger partial charge < -0.3 is 9.84 Å². The number of amides is 1. The predicted molar refractivity (Wildman–Crippen MR) is 39.0 cm³/mol. The van der Waals surface area contributed by atoms with Crippen molar-refractivity contribution in [3.8, 4) is 0 Å². The standard InChI is InChI=1S/C5H11N3O3/c1-3-11-4(2)6-8-7-5(9)10/h7-8H,3H2,1-2H3,(H,9,10). The van der Waals surface area contributed by atoms with Crippen molar-refractivity contribution in [1.29, 1.82) is 0 Å². The van der Waals surface area contributed by atoms with E-state index in [0.29, 0.717) is 12.5 Å². The molecule has 1 amide bonds. The minimum absolute atomic E-state index is 0.376. The van der Waals surface area contributed by atoms with Crippen molar-refractivity contribution in [1.82, 2.24) is 11.0 Å². The molecule has 0 heterocycles. The molecule has 3 N–H and O–H groups in total. The molecule has 0 aliphatic heterocycles. The molecule has 0 spiro atoms. The molecule has 0 aromatic rings. The van der Waals surface area contributed by atoms with Crippen LogP contribution in [-0.2, 0) is 4.74 Å². The third-order valence-electron chi connectivity index (χ3n) is 0.729.